The predicted octanol–water partition coefficient (Wildman–Crippen LogP) is 6.92. The van der Waals surface area contributed by atoms with Crippen LogP contribution in [0.25, 0.3) is 22.6 Å². The van der Waals surface area contributed by atoms with Gasteiger partial charge in [0.15, 0.2) is 5.58 Å². The fourth-order valence-electron chi connectivity index (χ4n) is 3.75. The lowest BCUT2D eigenvalue weighted by molar-refractivity contribution is -0.116. The summed E-state index contributed by atoms with van der Waals surface area (Å²) in [5.41, 5.74) is 4.66. The standard InChI is InChI=1S/C27H19ClN2O2/c28-21-14-15-24-23(17-21)30-27(32-24)20-12-7-13-22(16-20)29-26(31)25(18-8-3-1-4-9-18)19-10-5-2-6-11-19/h1-17,25H,(H,29,31). The van der Waals surface area contributed by atoms with Crippen molar-refractivity contribution in [3.05, 3.63) is 119 Å². The molecule has 0 radical (unpaired) electrons. The Balaban J connectivity index is 1.45. The third kappa shape index (κ3) is 4.13. The zero-order chi connectivity index (χ0) is 21.9. The van der Waals surface area contributed by atoms with Gasteiger partial charge in [0, 0.05) is 16.3 Å². The van der Waals surface area contributed by atoms with Gasteiger partial charge in [0.2, 0.25) is 11.8 Å². The van der Waals surface area contributed by atoms with Crippen LogP contribution in [0.5, 0.6) is 0 Å². The van der Waals surface area contributed by atoms with Crippen LogP contribution >= 0.6 is 11.6 Å². The van der Waals surface area contributed by atoms with Crippen LogP contribution < -0.4 is 5.32 Å². The predicted molar refractivity (Wildman–Crippen MR) is 128 cm³/mol. The van der Waals surface area contributed by atoms with Gasteiger partial charge in [-0.2, -0.15) is 0 Å². The molecule has 32 heavy (non-hydrogen) atoms. The molecule has 1 N–H and O–H groups in total. The molecular formula is C27H19ClN2O2. The van der Waals surface area contributed by atoms with E-state index in [-0.39, 0.29) is 5.91 Å². The van der Waals surface area contributed by atoms with Gasteiger partial charge in [-0.05, 0) is 47.5 Å². The van der Waals surface area contributed by atoms with Crippen molar-refractivity contribution in [3.63, 3.8) is 0 Å². The smallest absolute Gasteiger partial charge is 0.236 e. The molecule has 4 nitrogen and oxygen atoms in total. The van der Waals surface area contributed by atoms with Gasteiger partial charge in [-0.1, -0.05) is 78.3 Å². The lowest BCUT2D eigenvalue weighted by Gasteiger charge is -2.18. The second kappa shape index (κ2) is 8.69. The van der Waals surface area contributed by atoms with Gasteiger partial charge in [-0.3, -0.25) is 4.79 Å². The van der Waals surface area contributed by atoms with Gasteiger partial charge in [-0.15, -0.1) is 0 Å². The number of halogens is 1. The first kappa shape index (κ1) is 20.0. The first-order valence-corrected chi connectivity index (χ1v) is 10.6. The van der Waals surface area contributed by atoms with Gasteiger partial charge < -0.3 is 9.73 Å². The summed E-state index contributed by atoms with van der Waals surface area (Å²) in [6.45, 7) is 0. The van der Waals surface area contributed by atoms with E-state index in [2.05, 4.69) is 10.3 Å². The summed E-state index contributed by atoms with van der Waals surface area (Å²) in [4.78, 5) is 17.9. The summed E-state index contributed by atoms with van der Waals surface area (Å²) >= 11 is 6.06. The van der Waals surface area contributed by atoms with Crippen molar-refractivity contribution >= 4 is 34.3 Å². The zero-order valence-corrected chi connectivity index (χ0v) is 17.8. The lowest BCUT2D eigenvalue weighted by atomic mass is 9.90. The molecular weight excluding hydrogens is 420 g/mol. The highest BCUT2D eigenvalue weighted by Gasteiger charge is 2.23. The fourth-order valence-corrected chi connectivity index (χ4v) is 3.92. The van der Waals surface area contributed by atoms with E-state index in [1.165, 1.54) is 0 Å². The minimum atomic E-state index is -0.424. The van der Waals surface area contributed by atoms with Crippen molar-refractivity contribution in [1.29, 1.82) is 0 Å². The summed E-state index contributed by atoms with van der Waals surface area (Å²) in [6.07, 6.45) is 0. The largest absolute Gasteiger partial charge is 0.436 e. The summed E-state index contributed by atoms with van der Waals surface area (Å²) in [5.74, 6) is -0.0579. The highest BCUT2D eigenvalue weighted by molar-refractivity contribution is 6.31. The molecule has 156 valence electrons. The van der Waals surface area contributed by atoms with Crippen molar-refractivity contribution in [2.75, 3.05) is 5.32 Å². The Kier molecular flexibility index (Phi) is 5.44. The molecule has 0 aliphatic heterocycles. The zero-order valence-electron chi connectivity index (χ0n) is 17.0. The van der Waals surface area contributed by atoms with E-state index in [1.807, 2.05) is 84.9 Å². The first-order valence-electron chi connectivity index (χ1n) is 10.2. The van der Waals surface area contributed by atoms with Crippen molar-refractivity contribution in [2.45, 2.75) is 5.92 Å². The Morgan fingerprint density at radius 2 is 1.50 bits per heavy atom. The van der Waals surface area contributed by atoms with E-state index in [0.717, 1.165) is 16.7 Å². The third-order valence-corrected chi connectivity index (χ3v) is 5.49. The maximum Gasteiger partial charge on any atom is 0.236 e. The molecule has 0 bridgehead atoms. The topological polar surface area (TPSA) is 55.1 Å². The second-order valence-electron chi connectivity index (χ2n) is 7.46. The molecule has 1 aromatic heterocycles. The van der Waals surface area contributed by atoms with E-state index in [1.54, 1.807) is 18.2 Å². The molecule has 0 saturated carbocycles. The number of carbonyl (C=O) groups is 1. The molecule has 0 spiro atoms. The normalized spacial score (nSPS) is 11.1. The lowest BCUT2D eigenvalue weighted by Crippen LogP contribution is -2.22. The number of nitrogens with zero attached hydrogens (tertiary/aromatic N) is 1. The minimum Gasteiger partial charge on any atom is -0.436 e. The van der Waals surface area contributed by atoms with E-state index in [9.17, 15) is 4.79 Å². The molecule has 5 rings (SSSR count). The van der Waals surface area contributed by atoms with Gasteiger partial charge >= 0.3 is 0 Å². The van der Waals surface area contributed by atoms with Crippen LogP contribution in [0.3, 0.4) is 0 Å². The molecule has 0 atom stereocenters. The molecule has 0 fully saturated rings. The quantitative estimate of drug-likeness (QED) is 0.324. The molecule has 1 amide bonds. The monoisotopic (exact) mass is 438 g/mol. The summed E-state index contributed by atoms with van der Waals surface area (Å²) in [7, 11) is 0. The SMILES string of the molecule is O=C(Nc1cccc(-c2nc3cc(Cl)ccc3o2)c1)C(c1ccccc1)c1ccccc1. The molecule has 0 aliphatic rings. The number of rotatable bonds is 5. The number of anilines is 1. The highest BCUT2D eigenvalue weighted by Crippen LogP contribution is 2.29. The Morgan fingerprint density at radius 3 is 2.19 bits per heavy atom. The van der Waals surface area contributed by atoms with E-state index >= 15 is 0 Å². The average molecular weight is 439 g/mol. The summed E-state index contributed by atoms with van der Waals surface area (Å²) in [6, 6.07) is 32.3. The Hall–Kier alpha value is -3.89. The number of fused-ring (bicyclic) bond motifs is 1. The molecule has 4 aromatic carbocycles. The van der Waals surface area contributed by atoms with Crippen molar-refractivity contribution < 1.29 is 9.21 Å². The van der Waals surface area contributed by atoms with Gasteiger partial charge in [0.05, 0.1) is 5.92 Å². The third-order valence-electron chi connectivity index (χ3n) is 5.25. The van der Waals surface area contributed by atoms with E-state index in [4.69, 9.17) is 16.0 Å². The average Bonchev–Trinajstić information content (AvgIpc) is 3.24. The number of benzene rings is 4. The minimum absolute atomic E-state index is 0.108. The maximum absolute atomic E-state index is 13.4. The number of carbonyl (C=O) groups excluding carboxylic acids is 1. The number of hydrogen-bond acceptors (Lipinski definition) is 3. The molecule has 1 heterocycles. The Bertz CT molecular complexity index is 1340. The van der Waals surface area contributed by atoms with Crippen LogP contribution in [-0.4, -0.2) is 10.9 Å². The van der Waals surface area contributed by atoms with Crippen molar-refractivity contribution in [3.8, 4) is 11.5 Å². The summed E-state index contributed by atoms with van der Waals surface area (Å²) < 4.78 is 5.87. The Morgan fingerprint density at radius 1 is 0.812 bits per heavy atom. The molecule has 5 aromatic rings. The van der Waals surface area contributed by atoms with Gasteiger partial charge in [0.25, 0.3) is 0 Å². The molecule has 0 saturated heterocycles. The summed E-state index contributed by atoms with van der Waals surface area (Å²) in [5, 5.41) is 3.67. The number of hydrogen-bond donors (Lipinski definition) is 1. The van der Waals surface area contributed by atoms with Crippen LogP contribution in [0.15, 0.2) is 108 Å². The van der Waals surface area contributed by atoms with Crippen molar-refractivity contribution in [1.82, 2.24) is 4.98 Å². The van der Waals surface area contributed by atoms with E-state index < -0.39 is 5.92 Å². The molecule has 0 unspecified atom stereocenters. The number of oxazole rings is 1. The second-order valence-corrected chi connectivity index (χ2v) is 7.89. The number of amides is 1. The fraction of sp³-hybridized carbons (Fsp3) is 0.0370. The van der Waals surface area contributed by atoms with Crippen LogP contribution in [0.2, 0.25) is 5.02 Å². The van der Waals surface area contributed by atoms with Crippen LogP contribution in [-0.2, 0) is 4.79 Å². The number of nitrogens with one attached hydrogen (secondary N) is 1. The van der Waals surface area contributed by atoms with Crippen LogP contribution in [0, 0.1) is 0 Å². The molecule has 0 aliphatic carbocycles. The van der Waals surface area contributed by atoms with Gasteiger partial charge in [-0.25, -0.2) is 4.98 Å². The first-order chi connectivity index (χ1) is 15.7. The maximum atomic E-state index is 13.4. The number of aromatic nitrogens is 1. The van der Waals surface area contributed by atoms with Crippen LogP contribution in [0.4, 0.5) is 5.69 Å². The Labute approximate surface area is 190 Å². The highest BCUT2D eigenvalue weighted by atomic mass is 35.5. The van der Waals surface area contributed by atoms with E-state index in [0.29, 0.717) is 27.7 Å². The van der Waals surface area contributed by atoms with Crippen molar-refractivity contribution in [2.24, 2.45) is 0 Å². The van der Waals surface area contributed by atoms with Crippen LogP contribution in [0.1, 0.15) is 17.0 Å². The van der Waals surface area contributed by atoms with Gasteiger partial charge in [0.1, 0.15) is 5.52 Å². The molecule has 5 heteroatoms.